The monoisotopic (exact) mass is 339 g/mol. The van der Waals surface area contributed by atoms with Gasteiger partial charge in [-0.25, -0.2) is 0 Å². The van der Waals surface area contributed by atoms with Gasteiger partial charge in [-0.15, -0.1) is 0 Å². The Labute approximate surface area is 142 Å². The lowest BCUT2D eigenvalue weighted by atomic mass is 10.0. The van der Waals surface area contributed by atoms with E-state index in [1.54, 1.807) is 37.4 Å². The van der Waals surface area contributed by atoms with Crippen LogP contribution in [0.3, 0.4) is 0 Å². The second-order valence-corrected chi connectivity index (χ2v) is 5.58. The predicted molar refractivity (Wildman–Crippen MR) is 89.2 cm³/mol. The van der Waals surface area contributed by atoms with Crippen molar-refractivity contribution in [2.24, 2.45) is 0 Å². The van der Waals surface area contributed by atoms with Gasteiger partial charge in [0.05, 0.1) is 23.4 Å². The van der Waals surface area contributed by atoms with Crippen molar-refractivity contribution < 1.29 is 19.2 Å². The highest BCUT2D eigenvalue weighted by atomic mass is 16.6. The zero-order chi connectivity index (χ0) is 17.6. The molecular formula is C17H13N3O5. The largest absolute Gasteiger partial charge is 0.497 e. The number of carbonyl (C=O) groups excluding carboxylic acids is 1. The predicted octanol–water partition coefficient (Wildman–Crippen LogP) is 2.95. The lowest BCUT2D eigenvalue weighted by Crippen LogP contribution is -2.18. The van der Waals surface area contributed by atoms with E-state index in [4.69, 9.17) is 9.47 Å². The molecule has 126 valence electrons. The first-order chi connectivity index (χ1) is 12.1. The summed E-state index contributed by atoms with van der Waals surface area (Å²) in [5.74, 6) is 0.735. The zero-order valence-electron chi connectivity index (χ0n) is 13.1. The SMILES string of the molecule is COc1ccc([C@H]2OC3=C(Nc4ccc([N+](=O)[O-])cc4N3)C2=O)cc1. The quantitative estimate of drug-likeness (QED) is 0.654. The summed E-state index contributed by atoms with van der Waals surface area (Å²) in [6.07, 6.45) is -0.778. The van der Waals surface area contributed by atoms with Crippen LogP contribution in [0.25, 0.3) is 0 Å². The Kier molecular flexibility index (Phi) is 3.31. The number of hydrogen-bond acceptors (Lipinski definition) is 7. The molecule has 4 rings (SSSR count). The zero-order valence-corrected chi connectivity index (χ0v) is 13.1. The normalized spacial score (nSPS) is 17.8. The lowest BCUT2D eigenvalue weighted by molar-refractivity contribution is -0.384. The topological polar surface area (TPSA) is 103 Å². The molecule has 2 aliphatic heterocycles. The van der Waals surface area contributed by atoms with Crippen LogP contribution in [-0.4, -0.2) is 17.8 Å². The van der Waals surface area contributed by atoms with Gasteiger partial charge in [-0.2, -0.15) is 0 Å². The second kappa shape index (κ2) is 5.52. The molecule has 0 saturated carbocycles. The van der Waals surface area contributed by atoms with Gasteiger partial charge >= 0.3 is 0 Å². The summed E-state index contributed by atoms with van der Waals surface area (Å²) in [5, 5.41) is 16.8. The van der Waals surface area contributed by atoms with Gasteiger partial charge in [-0.05, 0) is 18.2 Å². The number of Topliss-reactive ketones (excluding diaryl/α,β-unsaturated/α-hetero) is 1. The molecule has 0 saturated heterocycles. The highest BCUT2D eigenvalue weighted by Gasteiger charge is 2.39. The minimum Gasteiger partial charge on any atom is -0.497 e. The van der Waals surface area contributed by atoms with Crippen LogP contribution in [0.5, 0.6) is 5.75 Å². The van der Waals surface area contributed by atoms with Crippen molar-refractivity contribution in [2.75, 3.05) is 17.7 Å². The van der Waals surface area contributed by atoms with Crippen LogP contribution in [-0.2, 0) is 9.53 Å². The fourth-order valence-electron chi connectivity index (χ4n) is 2.80. The summed E-state index contributed by atoms with van der Waals surface area (Å²) in [5.41, 5.74) is 2.02. The van der Waals surface area contributed by atoms with Crippen LogP contribution in [0, 0.1) is 10.1 Å². The Balaban J connectivity index is 1.61. The van der Waals surface area contributed by atoms with Gasteiger partial charge in [0.2, 0.25) is 11.7 Å². The number of nitro benzene ring substituents is 1. The van der Waals surface area contributed by atoms with Crippen molar-refractivity contribution >= 4 is 22.8 Å². The standard InChI is InChI=1S/C17H13N3O5/c1-24-11-5-2-9(3-6-11)16-15(21)14-17(25-16)19-13-8-10(20(22)23)4-7-12(13)18-14/h2-8,16,18-19H,1H3/t16-/m1/s1. The van der Waals surface area contributed by atoms with E-state index in [0.29, 0.717) is 28.4 Å². The summed E-state index contributed by atoms with van der Waals surface area (Å²) in [6, 6.07) is 11.3. The van der Waals surface area contributed by atoms with E-state index >= 15 is 0 Å². The average Bonchev–Trinajstić information content (AvgIpc) is 2.95. The van der Waals surface area contributed by atoms with Crippen molar-refractivity contribution in [3.63, 3.8) is 0 Å². The average molecular weight is 339 g/mol. The third-order valence-electron chi connectivity index (χ3n) is 4.09. The molecule has 0 fully saturated rings. The van der Waals surface area contributed by atoms with Crippen LogP contribution in [0.2, 0.25) is 0 Å². The first-order valence-corrected chi connectivity index (χ1v) is 7.48. The van der Waals surface area contributed by atoms with Gasteiger partial charge in [-0.3, -0.25) is 14.9 Å². The number of rotatable bonds is 3. The first kappa shape index (κ1) is 15.0. The summed E-state index contributed by atoms with van der Waals surface area (Å²) in [4.78, 5) is 23.1. The van der Waals surface area contributed by atoms with Crippen LogP contribution in [0.1, 0.15) is 11.7 Å². The number of methoxy groups -OCH3 is 1. The minimum atomic E-state index is -0.778. The van der Waals surface area contributed by atoms with Crippen LogP contribution < -0.4 is 15.4 Å². The molecule has 2 aromatic rings. The van der Waals surface area contributed by atoms with Crippen molar-refractivity contribution in [1.29, 1.82) is 0 Å². The van der Waals surface area contributed by atoms with Gasteiger partial charge in [0, 0.05) is 17.7 Å². The Morgan fingerprint density at radius 3 is 2.56 bits per heavy atom. The number of ketones is 1. The van der Waals surface area contributed by atoms with Crippen LogP contribution in [0.4, 0.5) is 17.1 Å². The summed E-state index contributed by atoms with van der Waals surface area (Å²) < 4.78 is 10.9. The Morgan fingerprint density at radius 1 is 1.12 bits per heavy atom. The molecule has 2 aliphatic rings. The number of benzene rings is 2. The van der Waals surface area contributed by atoms with Gasteiger partial charge in [0.1, 0.15) is 11.4 Å². The highest BCUT2D eigenvalue weighted by molar-refractivity contribution is 6.06. The molecule has 2 N–H and O–H groups in total. The first-order valence-electron chi connectivity index (χ1n) is 7.48. The molecule has 1 atom stereocenters. The number of nitrogens with zero attached hydrogens (tertiary/aromatic N) is 1. The fraction of sp³-hybridized carbons (Fsp3) is 0.118. The van der Waals surface area contributed by atoms with E-state index in [2.05, 4.69) is 10.6 Å². The summed E-state index contributed by atoms with van der Waals surface area (Å²) in [7, 11) is 1.57. The van der Waals surface area contributed by atoms with E-state index in [1.807, 2.05) is 0 Å². The minimum absolute atomic E-state index is 0.0480. The molecule has 0 radical (unpaired) electrons. The molecule has 0 amide bonds. The molecule has 8 nitrogen and oxygen atoms in total. The van der Waals surface area contributed by atoms with Crippen LogP contribution >= 0.6 is 0 Å². The van der Waals surface area contributed by atoms with Crippen LogP contribution in [0.15, 0.2) is 54.0 Å². The molecule has 2 heterocycles. The van der Waals surface area contributed by atoms with E-state index in [9.17, 15) is 14.9 Å². The third kappa shape index (κ3) is 2.44. The van der Waals surface area contributed by atoms with Gasteiger partial charge in [-0.1, -0.05) is 12.1 Å². The van der Waals surface area contributed by atoms with Gasteiger partial charge in [0.15, 0.2) is 6.10 Å². The number of carbonyl (C=O) groups is 1. The number of anilines is 2. The second-order valence-electron chi connectivity index (χ2n) is 5.58. The highest BCUT2D eigenvalue weighted by Crippen LogP contribution is 2.40. The van der Waals surface area contributed by atoms with E-state index in [1.165, 1.54) is 12.1 Å². The number of fused-ring (bicyclic) bond motifs is 1. The van der Waals surface area contributed by atoms with E-state index in [-0.39, 0.29) is 17.4 Å². The molecule has 0 spiro atoms. The molecule has 25 heavy (non-hydrogen) atoms. The maximum Gasteiger partial charge on any atom is 0.271 e. The fourth-order valence-corrected chi connectivity index (χ4v) is 2.80. The van der Waals surface area contributed by atoms with E-state index < -0.39 is 11.0 Å². The Morgan fingerprint density at radius 2 is 1.88 bits per heavy atom. The van der Waals surface area contributed by atoms with Crippen molar-refractivity contribution in [3.05, 3.63) is 69.7 Å². The van der Waals surface area contributed by atoms with Crippen molar-refractivity contribution in [1.82, 2.24) is 0 Å². The maximum atomic E-state index is 12.7. The summed E-state index contributed by atoms with van der Waals surface area (Å²) in [6.45, 7) is 0. The lowest BCUT2D eigenvalue weighted by Gasteiger charge is -2.19. The van der Waals surface area contributed by atoms with Crippen molar-refractivity contribution in [2.45, 2.75) is 6.10 Å². The third-order valence-corrected chi connectivity index (χ3v) is 4.09. The molecule has 0 aliphatic carbocycles. The Bertz CT molecular complexity index is 920. The molecule has 0 aromatic heterocycles. The van der Waals surface area contributed by atoms with Crippen molar-refractivity contribution in [3.8, 4) is 5.75 Å². The number of non-ortho nitro benzene ring substituents is 1. The van der Waals surface area contributed by atoms with Gasteiger partial charge < -0.3 is 20.1 Å². The molecule has 0 bridgehead atoms. The number of nitro groups is 1. The number of ether oxygens (including phenoxy) is 2. The molecule has 0 unspecified atom stereocenters. The Hall–Kier alpha value is -3.55. The number of nitrogens with one attached hydrogen (secondary N) is 2. The molecule has 8 heteroatoms. The summed E-state index contributed by atoms with van der Waals surface area (Å²) >= 11 is 0. The van der Waals surface area contributed by atoms with E-state index in [0.717, 1.165) is 0 Å². The van der Waals surface area contributed by atoms with Gasteiger partial charge in [0.25, 0.3) is 5.69 Å². The molecule has 2 aromatic carbocycles. The maximum absolute atomic E-state index is 12.7. The number of hydrogen-bond donors (Lipinski definition) is 2. The smallest absolute Gasteiger partial charge is 0.271 e. The molecular weight excluding hydrogens is 326 g/mol.